The second-order valence-corrected chi connectivity index (χ2v) is 26.2. The first kappa shape index (κ1) is 72.2. The summed E-state index contributed by atoms with van der Waals surface area (Å²) in [6.07, 6.45) is -10.9. The van der Waals surface area contributed by atoms with Gasteiger partial charge in [0.15, 0.2) is 6.10 Å². The maximum Gasteiger partial charge on any atom is 0.251 e. The molecule has 5 aliphatic heterocycles. The number of fused-ring (bicyclic) bond motifs is 2. The fourth-order valence-corrected chi connectivity index (χ4v) is 13.8. The van der Waals surface area contributed by atoms with Gasteiger partial charge in [-0.3, -0.25) is 33.6 Å². The Labute approximate surface area is 560 Å². The molecule has 96 heavy (non-hydrogen) atoms. The van der Waals surface area contributed by atoms with Gasteiger partial charge in [-0.25, -0.2) is 16.0 Å². The molecule has 7 amide bonds. The molecule has 5 heterocycles. The number of benzene rings is 4. The van der Waals surface area contributed by atoms with Crippen molar-refractivity contribution in [3.63, 3.8) is 0 Å². The number of hydrogen-bond donors (Lipinski definition) is 13. The topological polar surface area (TPSA) is 407 Å². The predicted molar refractivity (Wildman–Crippen MR) is 345 cm³/mol. The summed E-state index contributed by atoms with van der Waals surface area (Å²) in [5.74, 6) is -9.54. The number of hydrogen-bond acceptors (Lipinski definition) is 22. The summed E-state index contributed by atoms with van der Waals surface area (Å²) in [7, 11) is 1.75. The van der Waals surface area contributed by atoms with Gasteiger partial charge in [-0.05, 0) is 104 Å². The van der Waals surface area contributed by atoms with Crippen LogP contribution in [0.15, 0.2) is 95.9 Å². The standard InChI is InChI=1S/C64H80ClN11O19S/c1-35-33-76-55(56(35)83)61(88)67-31-44(78)29-46(68-57(84)38-6-12-41(13-7-38)73-23-25-74(26-24-73)43-16-14-42(15-17-43)72-21-19-64(93-4,20-22-72)39-8-10-40(65)11-9-39)58(85)69-52(36(2)77)62(89)75-34-45(79)30-47(75)59(86)70-53(60(87)71-54(63(76)90)50(82)32-66-3)49(81)27-37-5-18-48(80)51(28-37)96(92)95-94-91/h5-18,28,35-36,44-47,49-50,52-56,77-83,91H,19-27,29-34H2,1-2,4H3,(H,67,88)(H,68,84)(H,69,85)(H,70,86)(H,71,87)/t35?,36?,44-,45?,46-,47?,49+,50+,52?,53?,54-,55?,56-,96?/m0/s1. The molecule has 14 atom stereocenters. The summed E-state index contributed by atoms with van der Waals surface area (Å²) >= 11 is 3.50. The number of piperidine rings is 1. The maximum absolute atomic E-state index is 14.7. The minimum atomic E-state index is -2.67. The van der Waals surface area contributed by atoms with Gasteiger partial charge in [0.25, 0.3) is 5.91 Å². The molecular weight excluding hydrogens is 1290 g/mol. The number of amides is 7. The number of anilines is 3. The van der Waals surface area contributed by atoms with Crippen LogP contribution >= 0.6 is 11.6 Å². The second-order valence-electron chi connectivity index (χ2n) is 24.7. The lowest BCUT2D eigenvalue weighted by molar-refractivity contribution is -0.435. The third kappa shape index (κ3) is 16.6. The average Bonchev–Trinajstić information content (AvgIpc) is 1.75. The van der Waals surface area contributed by atoms with Gasteiger partial charge >= 0.3 is 0 Å². The van der Waals surface area contributed by atoms with Crippen LogP contribution in [-0.2, 0) is 66.0 Å². The molecule has 9 rings (SSSR count). The highest BCUT2D eigenvalue weighted by molar-refractivity contribution is 7.80. The van der Waals surface area contributed by atoms with Crippen LogP contribution in [0.1, 0.15) is 61.0 Å². The van der Waals surface area contributed by atoms with Gasteiger partial charge in [0, 0.05) is 119 Å². The van der Waals surface area contributed by atoms with E-state index >= 15 is 0 Å². The smallest absolute Gasteiger partial charge is 0.251 e. The second kappa shape index (κ2) is 31.8. The van der Waals surface area contributed by atoms with Crippen molar-refractivity contribution in [3.05, 3.63) is 124 Å². The lowest BCUT2D eigenvalue weighted by Crippen LogP contribution is -2.64. The van der Waals surface area contributed by atoms with Crippen molar-refractivity contribution in [3.8, 4) is 5.75 Å². The Balaban J connectivity index is 0.923. The Hall–Kier alpha value is -8.10. The van der Waals surface area contributed by atoms with Crippen LogP contribution in [-0.4, -0.2) is 242 Å². The molecule has 0 aromatic heterocycles. The van der Waals surface area contributed by atoms with Crippen molar-refractivity contribution >= 4 is 81.1 Å². The number of aliphatic hydroxyl groups excluding tert-OH is 6. The van der Waals surface area contributed by atoms with Crippen LogP contribution in [0.25, 0.3) is 4.85 Å². The van der Waals surface area contributed by atoms with E-state index in [0.29, 0.717) is 31.2 Å². The Morgan fingerprint density at radius 2 is 1.30 bits per heavy atom. The summed E-state index contributed by atoms with van der Waals surface area (Å²) in [5.41, 5.74) is 3.77. The van der Waals surface area contributed by atoms with Crippen LogP contribution in [0.3, 0.4) is 0 Å². The number of β-amino-alcohol motifs (C(OH)–C–C–N with tert-alkyl or cyclic N) is 1. The minimum absolute atomic E-state index is 0.00911. The van der Waals surface area contributed by atoms with E-state index in [4.69, 9.17) is 28.2 Å². The summed E-state index contributed by atoms with van der Waals surface area (Å²) in [5, 5.41) is 104. The van der Waals surface area contributed by atoms with Crippen LogP contribution in [0.5, 0.6) is 5.75 Å². The zero-order chi connectivity index (χ0) is 69.3. The highest BCUT2D eigenvalue weighted by atomic mass is 35.5. The Bertz CT molecular complexity index is 3500. The van der Waals surface area contributed by atoms with Crippen molar-refractivity contribution in [2.75, 3.05) is 87.3 Å². The Morgan fingerprint density at radius 1 is 0.729 bits per heavy atom. The fourth-order valence-electron chi connectivity index (χ4n) is 13.0. The highest BCUT2D eigenvalue weighted by Gasteiger charge is 2.50. The van der Waals surface area contributed by atoms with Crippen molar-refractivity contribution in [2.24, 2.45) is 5.92 Å². The molecule has 0 saturated carbocycles. The van der Waals surface area contributed by atoms with E-state index in [1.54, 1.807) is 19.2 Å². The molecule has 5 fully saturated rings. The molecule has 32 heteroatoms. The SMILES string of the molecule is [C-]#[N+]C[C@@H](O)[C@@H]1NC(=O)C([C@H](O)Cc2ccc(O)c(S(=O)OOO)c2)NC(=O)C2CC(O)CN2C(=O)C(C(C)O)NC(=O)[C@@H](NC(=O)c2ccc(N3CCN(c4ccc(N5CCC(OC)(c6ccc(Cl)cc6)CC5)cc4)CC3)cc2)C[C@H](O)CNC(=O)C2[C@@H](O)C(C)CN2C1=O. The monoisotopic (exact) mass is 1370 g/mol. The number of carbonyl (C=O) groups excluding carboxylic acids is 7. The molecule has 518 valence electrons. The Kier molecular flexibility index (Phi) is 23.9. The summed E-state index contributed by atoms with van der Waals surface area (Å²) in [6, 6.07) is 14.6. The normalized spacial score (nSPS) is 27.0. The zero-order valence-corrected chi connectivity index (χ0v) is 54.4. The number of carbonyl (C=O) groups is 7. The average molecular weight is 1370 g/mol. The number of methoxy groups -OCH3 is 1. The third-order valence-electron chi connectivity index (χ3n) is 18.5. The van der Waals surface area contributed by atoms with E-state index in [2.05, 4.69) is 79.8 Å². The lowest BCUT2D eigenvalue weighted by Gasteiger charge is -2.42. The van der Waals surface area contributed by atoms with Gasteiger partial charge in [-0.2, -0.15) is 0 Å². The van der Waals surface area contributed by atoms with E-state index in [1.807, 2.05) is 24.3 Å². The summed E-state index contributed by atoms with van der Waals surface area (Å²) < 4.78 is 22.9. The number of rotatable bonds is 16. The molecule has 5 saturated heterocycles. The van der Waals surface area contributed by atoms with Crippen LogP contribution in [0, 0.1) is 12.5 Å². The first-order valence-electron chi connectivity index (χ1n) is 31.3. The molecule has 0 radical (unpaired) electrons. The molecular formula is C64H80ClN11O19S. The van der Waals surface area contributed by atoms with Crippen molar-refractivity contribution in [1.29, 1.82) is 0 Å². The predicted octanol–water partition coefficient (Wildman–Crippen LogP) is -1.17. The summed E-state index contributed by atoms with van der Waals surface area (Å²) in [4.78, 5) is 113. The number of halogens is 1. The lowest BCUT2D eigenvalue weighted by atomic mass is 9.84. The van der Waals surface area contributed by atoms with Gasteiger partial charge in [-0.15, -0.1) is 0 Å². The summed E-state index contributed by atoms with van der Waals surface area (Å²) in [6.45, 7) is 11.9. The van der Waals surface area contributed by atoms with Gasteiger partial charge in [0.2, 0.25) is 53.1 Å². The number of ether oxygens (including phenoxy) is 1. The van der Waals surface area contributed by atoms with E-state index in [-0.39, 0.29) is 23.3 Å². The van der Waals surface area contributed by atoms with Gasteiger partial charge in [0.1, 0.15) is 46.9 Å². The molecule has 4 aromatic carbocycles. The van der Waals surface area contributed by atoms with Crippen LogP contribution < -0.4 is 41.3 Å². The largest absolute Gasteiger partial charge is 0.507 e. The number of aliphatic hydroxyl groups is 6. The fraction of sp³-hybridized carbons (Fsp3) is 0.500. The van der Waals surface area contributed by atoms with Crippen molar-refractivity contribution in [1.82, 2.24) is 36.4 Å². The molecule has 5 aliphatic rings. The number of aromatic hydroxyl groups is 1. The van der Waals surface area contributed by atoms with Crippen LogP contribution in [0.4, 0.5) is 17.1 Å². The van der Waals surface area contributed by atoms with Gasteiger partial charge in [0.05, 0.1) is 36.1 Å². The molecule has 13 N–H and O–H groups in total. The number of phenolic OH excluding ortho intramolecular Hbond substituents is 1. The minimum Gasteiger partial charge on any atom is -0.507 e. The van der Waals surface area contributed by atoms with Gasteiger partial charge < -0.3 is 96.4 Å². The number of nitrogens with zero attached hydrogens (tertiary/aromatic N) is 6. The number of nitrogens with one attached hydrogen (secondary N) is 5. The molecule has 4 aromatic rings. The van der Waals surface area contributed by atoms with E-state index in [0.717, 1.165) is 77.4 Å². The first-order chi connectivity index (χ1) is 45.8. The van der Waals surface area contributed by atoms with E-state index < -0.39 is 181 Å². The van der Waals surface area contributed by atoms with E-state index in [9.17, 15) is 73.5 Å². The zero-order valence-electron chi connectivity index (χ0n) is 52.8. The Morgan fingerprint density at radius 3 is 1.89 bits per heavy atom. The molecule has 0 bridgehead atoms. The van der Waals surface area contributed by atoms with Crippen molar-refractivity contribution in [2.45, 2.75) is 129 Å². The quantitative estimate of drug-likeness (QED) is 0.0357. The molecule has 8 unspecified atom stereocenters. The highest BCUT2D eigenvalue weighted by Crippen LogP contribution is 2.39. The number of piperazine rings is 1. The van der Waals surface area contributed by atoms with Gasteiger partial charge in [-0.1, -0.05) is 46.1 Å². The maximum atomic E-state index is 14.7. The van der Waals surface area contributed by atoms with E-state index in [1.165, 1.54) is 25.1 Å². The number of phenols is 1. The van der Waals surface area contributed by atoms with Crippen LogP contribution in [0.2, 0.25) is 5.02 Å². The third-order valence-corrected chi connectivity index (χ3v) is 19.6. The van der Waals surface area contributed by atoms with Crippen molar-refractivity contribution < 1.29 is 92.9 Å². The molecule has 0 spiro atoms. The molecule has 30 nitrogen and oxygen atoms in total. The molecule has 0 aliphatic carbocycles. The first-order valence-corrected chi connectivity index (χ1v) is 32.8.